The number of rotatable bonds is 4. The van der Waals surface area contributed by atoms with E-state index >= 15 is 0 Å². The van der Waals surface area contributed by atoms with Gasteiger partial charge in [0.2, 0.25) is 0 Å². The molecule has 2 atom stereocenters. The Morgan fingerprint density at radius 3 is 2.29 bits per heavy atom. The molecule has 0 saturated carbocycles. The molecule has 2 aromatic carbocycles. The summed E-state index contributed by atoms with van der Waals surface area (Å²) in [4.78, 5) is 5.45. The van der Waals surface area contributed by atoms with Crippen LogP contribution in [0.2, 0.25) is 0 Å². The first kappa shape index (κ1) is 25.7. The number of pyridine rings is 1. The van der Waals surface area contributed by atoms with Crippen LogP contribution in [0.4, 0.5) is 37.8 Å². The minimum absolute atomic E-state index is 0.198. The summed E-state index contributed by atoms with van der Waals surface area (Å²) in [5.74, 6) is -0.198. The Morgan fingerprint density at radius 2 is 1.61 bits per heavy atom. The van der Waals surface area contributed by atoms with Crippen LogP contribution < -0.4 is 20.9 Å². The van der Waals surface area contributed by atoms with Gasteiger partial charge in [0.25, 0.3) is 0 Å². The van der Waals surface area contributed by atoms with Crippen LogP contribution in [0, 0.1) is 0 Å². The van der Waals surface area contributed by atoms with Gasteiger partial charge in [0.15, 0.2) is 0 Å². The third kappa shape index (κ3) is 5.47. The second-order valence-electron chi connectivity index (χ2n) is 8.88. The summed E-state index contributed by atoms with van der Waals surface area (Å²) in [6.45, 7) is 0.208. The van der Waals surface area contributed by atoms with E-state index in [9.17, 15) is 26.3 Å². The topological polar surface area (TPSA) is 52.2 Å². The molecule has 3 heterocycles. The van der Waals surface area contributed by atoms with Crippen molar-refractivity contribution in [1.82, 2.24) is 15.6 Å². The van der Waals surface area contributed by atoms with Gasteiger partial charge in [-0.3, -0.25) is 5.32 Å². The number of hydrogen-bond donors (Lipinski definition) is 3. The maximum Gasteiger partial charge on any atom is 0.419 e. The molecule has 1 aromatic heterocycles. The molecule has 3 aromatic rings. The maximum atomic E-state index is 13.6. The van der Waals surface area contributed by atoms with Crippen molar-refractivity contribution in [2.75, 3.05) is 16.8 Å². The molecule has 0 amide bonds. The summed E-state index contributed by atoms with van der Waals surface area (Å²) in [6, 6.07) is 16.4. The lowest BCUT2D eigenvalue weighted by Crippen LogP contribution is -2.50. The highest BCUT2D eigenvalue weighted by molar-refractivity contribution is 5.54. The normalized spacial score (nSPS) is 20.0. The van der Waals surface area contributed by atoms with Gasteiger partial charge in [-0.1, -0.05) is 30.3 Å². The van der Waals surface area contributed by atoms with Gasteiger partial charge < -0.3 is 15.5 Å². The highest BCUT2D eigenvalue weighted by Gasteiger charge is 2.36. The van der Waals surface area contributed by atoms with E-state index in [-0.39, 0.29) is 18.5 Å². The maximum absolute atomic E-state index is 13.6. The largest absolute Gasteiger partial charge is 0.419 e. The van der Waals surface area contributed by atoms with Gasteiger partial charge >= 0.3 is 12.4 Å². The van der Waals surface area contributed by atoms with Crippen LogP contribution >= 0.6 is 0 Å². The van der Waals surface area contributed by atoms with Gasteiger partial charge in [0, 0.05) is 30.3 Å². The van der Waals surface area contributed by atoms with Crippen LogP contribution in [0.15, 0.2) is 96.5 Å². The highest BCUT2D eigenvalue weighted by atomic mass is 19.4. The zero-order chi connectivity index (χ0) is 26.9. The van der Waals surface area contributed by atoms with Crippen molar-refractivity contribution >= 4 is 11.5 Å². The van der Waals surface area contributed by atoms with Crippen LogP contribution in [-0.2, 0) is 12.4 Å². The molecule has 5 nitrogen and oxygen atoms in total. The molecular formula is C27H23F6N5. The quantitative estimate of drug-likeness (QED) is 0.339. The van der Waals surface area contributed by atoms with Crippen LogP contribution in [0.25, 0.3) is 0 Å². The Labute approximate surface area is 214 Å². The van der Waals surface area contributed by atoms with Gasteiger partial charge in [-0.15, -0.1) is 0 Å². The fourth-order valence-corrected chi connectivity index (χ4v) is 4.53. The van der Waals surface area contributed by atoms with Gasteiger partial charge in [0.05, 0.1) is 11.1 Å². The molecule has 0 fully saturated rings. The number of aromatic nitrogens is 1. The van der Waals surface area contributed by atoms with E-state index in [0.717, 1.165) is 29.3 Å². The molecule has 38 heavy (non-hydrogen) atoms. The van der Waals surface area contributed by atoms with Gasteiger partial charge in [-0.2, -0.15) is 26.3 Å². The second kappa shape index (κ2) is 10.1. The van der Waals surface area contributed by atoms with Gasteiger partial charge in [-0.25, -0.2) is 4.98 Å². The molecule has 3 N–H and O–H groups in total. The molecule has 0 spiro atoms. The average molecular weight is 532 g/mol. The number of benzene rings is 2. The third-order valence-corrected chi connectivity index (χ3v) is 6.39. The molecule has 0 aliphatic carbocycles. The van der Waals surface area contributed by atoms with E-state index in [1.165, 1.54) is 29.3 Å². The molecule has 5 rings (SSSR count). The monoisotopic (exact) mass is 531 g/mol. The van der Waals surface area contributed by atoms with Gasteiger partial charge in [0.1, 0.15) is 18.1 Å². The molecule has 0 bridgehead atoms. The number of anilines is 2. The fraction of sp³-hybridized carbons (Fsp3) is 0.222. The lowest BCUT2D eigenvalue weighted by atomic mass is 10.0. The van der Waals surface area contributed by atoms with E-state index in [1.807, 2.05) is 30.3 Å². The smallest absolute Gasteiger partial charge is 0.366 e. The molecule has 0 saturated heterocycles. The van der Waals surface area contributed by atoms with Crippen molar-refractivity contribution in [3.05, 3.63) is 113 Å². The summed E-state index contributed by atoms with van der Waals surface area (Å²) in [5, 5.41) is 10.1. The Kier molecular flexibility index (Phi) is 6.78. The molecule has 11 heteroatoms. The Bertz CT molecular complexity index is 1330. The third-order valence-electron chi connectivity index (χ3n) is 6.39. The van der Waals surface area contributed by atoms with Crippen LogP contribution in [0.5, 0.6) is 0 Å². The van der Waals surface area contributed by atoms with Crippen molar-refractivity contribution in [2.24, 2.45) is 0 Å². The summed E-state index contributed by atoms with van der Waals surface area (Å²) >= 11 is 0. The van der Waals surface area contributed by atoms with Crippen molar-refractivity contribution in [3.63, 3.8) is 0 Å². The average Bonchev–Trinajstić information content (AvgIpc) is 3.11. The summed E-state index contributed by atoms with van der Waals surface area (Å²) in [6.07, 6.45) is -4.95. The van der Waals surface area contributed by atoms with E-state index in [1.54, 1.807) is 12.3 Å². The molecule has 2 aliphatic heterocycles. The zero-order valence-corrected chi connectivity index (χ0v) is 19.8. The summed E-state index contributed by atoms with van der Waals surface area (Å²) in [7, 11) is 0. The predicted molar refractivity (Wildman–Crippen MR) is 132 cm³/mol. The lowest BCUT2D eigenvalue weighted by Gasteiger charge is -2.37. The first-order valence-electron chi connectivity index (χ1n) is 11.8. The number of hydrogen-bond acceptors (Lipinski definition) is 5. The molecule has 2 unspecified atom stereocenters. The molecular weight excluding hydrogens is 508 g/mol. The minimum atomic E-state index is -4.57. The van der Waals surface area contributed by atoms with Crippen LogP contribution in [0.1, 0.15) is 29.3 Å². The van der Waals surface area contributed by atoms with E-state index in [4.69, 9.17) is 0 Å². The summed E-state index contributed by atoms with van der Waals surface area (Å²) < 4.78 is 80.0. The lowest BCUT2D eigenvalue weighted by molar-refractivity contribution is -0.138. The van der Waals surface area contributed by atoms with Crippen LogP contribution in [0.3, 0.4) is 0 Å². The van der Waals surface area contributed by atoms with E-state index in [0.29, 0.717) is 17.8 Å². The number of nitrogens with zero attached hydrogens (tertiary/aromatic N) is 2. The summed E-state index contributed by atoms with van der Waals surface area (Å²) in [5.41, 5.74) is 1.31. The first-order chi connectivity index (χ1) is 18.1. The number of allylic oxidation sites excluding steroid dienone is 1. The molecule has 198 valence electrons. The molecule has 2 aliphatic rings. The van der Waals surface area contributed by atoms with Crippen molar-refractivity contribution in [2.45, 2.75) is 31.1 Å². The Hall–Kier alpha value is -3.99. The Balaban J connectivity index is 1.45. The van der Waals surface area contributed by atoms with Crippen LogP contribution in [-0.4, -0.2) is 17.7 Å². The fourth-order valence-electron chi connectivity index (χ4n) is 4.53. The number of alkyl halides is 6. The van der Waals surface area contributed by atoms with E-state index in [2.05, 4.69) is 20.9 Å². The van der Waals surface area contributed by atoms with E-state index < -0.39 is 29.6 Å². The number of halogens is 6. The zero-order valence-electron chi connectivity index (χ0n) is 19.8. The van der Waals surface area contributed by atoms with Crippen molar-refractivity contribution in [1.29, 1.82) is 0 Å². The number of nitrogens with one attached hydrogen (secondary N) is 3. The standard InChI is InChI=1S/C27H23F6N5/c28-26(29,30)18-8-10-19(11-9-18)35-24-20-12-15-38(25-21(27(31,32)33)7-4-14-34-25)16-13-22(20)36-23(37-24)17-5-2-1-3-6-17/h1-11,13-14,16,23-24,35-37H,12,15H2. The SMILES string of the molecule is FC(F)(F)c1ccc(NC2NC(c3ccccc3)NC3=C2CCN(c2ncccc2C(F)(F)F)C=C3)cc1. The van der Waals surface area contributed by atoms with Gasteiger partial charge in [-0.05, 0) is 60.0 Å². The predicted octanol–water partition coefficient (Wildman–Crippen LogP) is 6.43. The second-order valence-corrected chi connectivity index (χ2v) is 8.88. The minimum Gasteiger partial charge on any atom is -0.366 e. The first-order valence-corrected chi connectivity index (χ1v) is 11.8. The Morgan fingerprint density at radius 1 is 0.868 bits per heavy atom. The van der Waals surface area contributed by atoms with Crippen molar-refractivity contribution < 1.29 is 26.3 Å². The highest BCUT2D eigenvalue weighted by Crippen LogP contribution is 2.37. The van der Waals surface area contributed by atoms with Crippen molar-refractivity contribution in [3.8, 4) is 0 Å². The molecule has 0 radical (unpaired) electrons.